The molecule has 3 aromatic rings. The third-order valence-corrected chi connectivity index (χ3v) is 8.17. The Bertz CT molecular complexity index is 1450. The Morgan fingerprint density at radius 1 is 0.872 bits per heavy atom. The molecule has 9 nitrogen and oxygen atoms in total. The number of aliphatic carboxylic acids is 1. The van der Waals surface area contributed by atoms with Crippen LogP contribution in [0, 0.1) is 13.8 Å². The summed E-state index contributed by atoms with van der Waals surface area (Å²) in [4.78, 5) is 37.4. The molecule has 0 saturated carbocycles. The van der Waals surface area contributed by atoms with Crippen LogP contribution in [-0.2, 0) is 33.6 Å². The van der Waals surface area contributed by atoms with E-state index in [9.17, 15) is 14.4 Å². The van der Waals surface area contributed by atoms with Gasteiger partial charge in [-0.1, -0.05) is 66.6 Å². The summed E-state index contributed by atoms with van der Waals surface area (Å²) in [6.45, 7) is 9.52. The van der Waals surface area contributed by atoms with E-state index in [0.717, 1.165) is 66.5 Å². The lowest BCUT2D eigenvalue weighted by molar-refractivity contribution is -0.139. The first-order chi connectivity index (χ1) is 22.5. The molecule has 47 heavy (non-hydrogen) atoms. The number of amides is 2. The van der Waals surface area contributed by atoms with Crippen LogP contribution in [0.2, 0.25) is 0 Å². The summed E-state index contributed by atoms with van der Waals surface area (Å²) in [6.07, 6.45) is 4.95. The highest BCUT2D eigenvalue weighted by Gasteiger charge is 2.26. The highest BCUT2D eigenvalue weighted by Crippen LogP contribution is 2.29. The van der Waals surface area contributed by atoms with Crippen molar-refractivity contribution in [2.75, 3.05) is 13.2 Å². The Morgan fingerprint density at radius 2 is 1.57 bits per heavy atom. The van der Waals surface area contributed by atoms with Gasteiger partial charge in [0.2, 0.25) is 11.8 Å². The average molecular weight is 645 g/mol. The number of unbranched alkanes of at least 4 members (excludes halogenated alkanes) is 1. The number of carboxylic acids is 1. The standard InChI is InChI=1S/C38H52N4O5/c1-5-30-23-32(47-18-7-6-17-39)15-16-33(30)31-13-11-28(12-14-31)22-35(42-37(45)34(40)24-36(43)44)38(46)41-27(4)9-8-10-29-20-25(2)19-26(3)21-29/h11-16,19-21,23,27,34-35H,5-10,17-18,22,24,39-40H2,1-4H3,(H,41,46)(H,42,45)(H,43,44)/t27?,34?,35-/m0/s1. The molecule has 0 radical (unpaired) electrons. The van der Waals surface area contributed by atoms with Gasteiger partial charge in [0.1, 0.15) is 11.8 Å². The fourth-order valence-corrected chi connectivity index (χ4v) is 5.74. The van der Waals surface area contributed by atoms with Crippen molar-refractivity contribution in [2.45, 2.75) is 97.2 Å². The van der Waals surface area contributed by atoms with E-state index in [0.29, 0.717) is 13.2 Å². The summed E-state index contributed by atoms with van der Waals surface area (Å²) in [7, 11) is 0. The number of aryl methyl sites for hydroxylation is 4. The van der Waals surface area contributed by atoms with Crippen LogP contribution < -0.4 is 26.8 Å². The number of hydrogen-bond acceptors (Lipinski definition) is 6. The van der Waals surface area contributed by atoms with Crippen LogP contribution in [0.15, 0.2) is 60.7 Å². The number of benzene rings is 3. The molecule has 0 aliphatic carbocycles. The summed E-state index contributed by atoms with van der Waals surface area (Å²) in [5.41, 5.74) is 19.3. The molecule has 254 valence electrons. The fraction of sp³-hybridized carbons (Fsp3) is 0.447. The maximum Gasteiger partial charge on any atom is 0.305 e. The number of carbonyl (C=O) groups is 3. The van der Waals surface area contributed by atoms with Gasteiger partial charge in [0.05, 0.1) is 19.1 Å². The molecule has 7 N–H and O–H groups in total. The Balaban J connectivity index is 1.69. The molecule has 3 aromatic carbocycles. The third kappa shape index (κ3) is 12.5. The number of nitrogens with one attached hydrogen (secondary N) is 2. The van der Waals surface area contributed by atoms with E-state index in [2.05, 4.69) is 61.7 Å². The van der Waals surface area contributed by atoms with Gasteiger partial charge in [0, 0.05) is 12.5 Å². The van der Waals surface area contributed by atoms with Gasteiger partial charge in [0.15, 0.2) is 0 Å². The topological polar surface area (TPSA) is 157 Å². The van der Waals surface area contributed by atoms with Crippen LogP contribution in [0.4, 0.5) is 0 Å². The van der Waals surface area contributed by atoms with Gasteiger partial charge in [0.25, 0.3) is 0 Å². The Hall–Kier alpha value is -4.21. The lowest BCUT2D eigenvalue weighted by atomic mass is 9.95. The Morgan fingerprint density at radius 3 is 2.21 bits per heavy atom. The van der Waals surface area contributed by atoms with Crippen molar-refractivity contribution in [1.82, 2.24) is 10.6 Å². The number of rotatable bonds is 19. The average Bonchev–Trinajstić information content (AvgIpc) is 3.02. The molecule has 3 rings (SSSR count). The molecule has 0 bridgehead atoms. The number of nitrogens with two attached hydrogens (primary N) is 2. The lowest BCUT2D eigenvalue weighted by Crippen LogP contribution is -2.54. The van der Waals surface area contributed by atoms with E-state index in [4.69, 9.17) is 21.3 Å². The second-order valence-corrected chi connectivity index (χ2v) is 12.5. The van der Waals surface area contributed by atoms with E-state index in [1.54, 1.807) is 0 Å². The molecule has 0 aromatic heterocycles. The van der Waals surface area contributed by atoms with Gasteiger partial charge < -0.3 is 31.9 Å². The molecule has 2 amide bonds. The first-order valence-corrected chi connectivity index (χ1v) is 16.7. The van der Waals surface area contributed by atoms with Crippen LogP contribution >= 0.6 is 0 Å². The maximum atomic E-state index is 13.5. The minimum absolute atomic E-state index is 0.122. The van der Waals surface area contributed by atoms with Crippen LogP contribution in [-0.4, -0.2) is 54.2 Å². The highest BCUT2D eigenvalue weighted by atomic mass is 16.5. The predicted molar refractivity (Wildman–Crippen MR) is 187 cm³/mol. The van der Waals surface area contributed by atoms with E-state index in [-0.39, 0.29) is 18.4 Å². The maximum absolute atomic E-state index is 13.5. The number of ether oxygens (including phenoxy) is 1. The number of carboxylic acid groups (broad SMARTS) is 1. The van der Waals surface area contributed by atoms with Crippen molar-refractivity contribution >= 4 is 17.8 Å². The Labute approximate surface area is 279 Å². The Kier molecular flexibility index (Phi) is 14.9. The zero-order valence-electron chi connectivity index (χ0n) is 28.3. The van der Waals surface area contributed by atoms with E-state index >= 15 is 0 Å². The minimum atomic E-state index is -1.26. The van der Waals surface area contributed by atoms with E-state index in [1.807, 2.05) is 37.3 Å². The third-order valence-electron chi connectivity index (χ3n) is 8.17. The normalized spacial score (nSPS) is 13.0. The summed E-state index contributed by atoms with van der Waals surface area (Å²) >= 11 is 0. The molecule has 9 heteroatoms. The summed E-state index contributed by atoms with van der Waals surface area (Å²) in [5, 5.41) is 14.9. The smallest absolute Gasteiger partial charge is 0.305 e. The van der Waals surface area contributed by atoms with E-state index < -0.39 is 30.4 Å². The first kappa shape index (κ1) is 37.2. The van der Waals surface area contributed by atoms with Gasteiger partial charge in [-0.15, -0.1) is 0 Å². The zero-order chi connectivity index (χ0) is 34.3. The van der Waals surface area contributed by atoms with Crippen LogP contribution in [0.25, 0.3) is 11.1 Å². The molecule has 0 saturated heterocycles. The minimum Gasteiger partial charge on any atom is -0.494 e. The van der Waals surface area contributed by atoms with Crippen LogP contribution in [0.3, 0.4) is 0 Å². The number of hydrogen-bond donors (Lipinski definition) is 5. The van der Waals surface area contributed by atoms with Crippen molar-refractivity contribution in [3.63, 3.8) is 0 Å². The van der Waals surface area contributed by atoms with E-state index in [1.165, 1.54) is 16.7 Å². The highest BCUT2D eigenvalue weighted by molar-refractivity contribution is 5.91. The molecule has 0 spiro atoms. The van der Waals surface area contributed by atoms with Crippen molar-refractivity contribution in [1.29, 1.82) is 0 Å². The molecule has 0 aliphatic rings. The molecular weight excluding hydrogens is 592 g/mol. The first-order valence-electron chi connectivity index (χ1n) is 16.7. The van der Waals surface area contributed by atoms with Gasteiger partial charge in [-0.05, 0) is 106 Å². The molecule has 0 fully saturated rings. The monoisotopic (exact) mass is 644 g/mol. The SMILES string of the molecule is CCc1cc(OCCCCN)ccc1-c1ccc(C[C@H](NC(=O)C(N)CC(=O)O)C(=O)NC(C)CCCc2cc(C)cc(C)c2)cc1. The second kappa shape index (κ2) is 18.8. The molecule has 3 atom stereocenters. The molecule has 0 aliphatic heterocycles. The summed E-state index contributed by atoms with van der Waals surface area (Å²) < 4.78 is 5.90. The van der Waals surface area contributed by atoms with Gasteiger partial charge >= 0.3 is 5.97 Å². The van der Waals surface area contributed by atoms with Crippen molar-refractivity contribution < 1.29 is 24.2 Å². The fourth-order valence-electron chi connectivity index (χ4n) is 5.74. The molecule has 0 heterocycles. The summed E-state index contributed by atoms with van der Waals surface area (Å²) in [6, 6.07) is 18.2. The van der Waals surface area contributed by atoms with Gasteiger partial charge in [-0.3, -0.25) is 14.4 Å². The largest absolute Gasteiger partial charge is 0.494 e. The summed E-state index contributed by atoms with van der Waals surface area (Å²) in [5.74, 6) is -1.35. The number of carbonyl (C=O) groups excluding carboxylic acids is 2. The lowest BCUT2D eigenvalue weighted by Gasteiger charge is -2.23. The van der Waals surface area contributed by atoms with Crippen LogP contribution in [0.1, 0.15) is 73.8 Å². The molecule has 2 unspecified atom stereocenters. The van der Waals surface area contributed by atoms with Crippen molar-refractivity contribution in [3.05, 3.63) is 88.5 Å². The van der Waals surface area contributed by atoms with Gasteiger partial charge in [-0.2, -0.15) is 0 Å². The second-order valence-electron chi connectivity index (χ2n) is 12.5. The van der Waals surface area contributed by atoms with Crippen LogP contribution in [0.5, 0.6) is 5.75 Å². The predicted octanol–water partition coefficient (Wildman–Crippen LogP) is 5.01. The van der Waals surface area contributed by atoms with Crippen molar-refractivity contribution in [2.24, 2.45) is 11.5 Å². The van der Waals surface area contributed by atoms with Gasteiger partial charge in [-0.25, -0.2) is 0 Å². The zero-order valence-corrected chi connectivity index (χ0v) is 28.3. The van der Waals surface area contributed by atoms with Crippen molar-refractivity contribution in [3.8, 4) is 16.9 Å². The quantitative estimate of drug-likeness (QED) is 0.115. The molecular formula is C38H52N4O5.